The van der Waals surface area contributed by atoms with Gasteiger partial charge in [-0.1, -0.05) is 12.1 Å². The molecule has 0 amide bonds. The summed E-state index contributed by atoms with van der Waals surface area (Å²) in [5, 5.41) is 2.85. The van der Waals surface area contributed by atoms with Crippen LogP contribution in [-0.2, 0) is 6.18 Å². The maximum absolute atomic E-state index is 12.7. The van der Waals surface area contributed by atoms with Crippen molar-refractivity contribution in [2.24, 2.45) is 0 Å². The molecule has 0 unspecified atom stereocenters. The van der Waals surface area contributed by atoms with E-state index < -0.39 is 11.7 Å². The maximum Gasteiger partial charge on any atom is 0.416 e. The van der Waals surface area contributed by atoms with Gasteiger partial charge in [0, 0.05) is 18.7 Å². The molecule has 0 saturated heterocycles. The van der Waals surface area contributed by atoms with Gasteiger partial charge in [-0.2, -0.15) is 13.2 Å². The van der Waals surface area contributed by atoms with Crippen LogP contribution in [0.4, 0.5) is 19.0 Å². The summed E-state index contributed by atoms with van der Waals surface area (Å²) < 4.78 is 38.0. The Morgan fingerprint density at radius 2 is 1.84 bits per heavy atom. The molecular formula is C13H12F3N3. The number of nitrogens with zero attached hydrogens (tertiary/aromatic N) is 2. The van der Waals surface area contributed by atoms with E-state index in [9.17, 15) is 13.2 Å². The molecule has 0 spiro atoms. The molecule has 1 heterocycles. The quantitative estimate of drug-likeness (QED) is 0.904. The first kappa shape index (κ1) is 13.3. The lowest BCUT2D eigenvalue weighted by molar-refractivity contribution is -0.137. The zero-order chi connectivity index (χ0) is 14.0. The number of aromatic nitrogens is 2. The van der Waals surface area contributed by atoms with E-state index in [0.29, 0.717) is 22.9 Å². The van der Waals surface area contributed by atoms with Gasteiger partial charge in [-0.25, -0.2) is 9.97 Å². The number of nitrogens with one attached hydrogen (secondary N) is 1. The largest absolute Gasteiger partial charge is 0.416 e. The molecule has 1 aromatic carbocycles. The molecule has 0 atom stereocenters. The van der Waals surface area contributed by atoms with Crippen LogP contribution < -0.4 is 5.32 Å². The van der Waals surface area contributed by atoms with Crippen LogP contribution in [0.15, 0.2) is 30.3 Å². The Bertz CT molecular complexity index is 594. The summed E-state index contributed by atoms with van der Waals surface area (Å²) in [6.07, 6.45) is -4.36. The lowest BCUT2D eigenvalue weighted by Crippen LogP contribution is -2.05. The number of hydrogen-bond donors (Lipinski definition) is 1. The molecule has 19 heavy (non-hydrogen) atoms. The normalized spacial score (nSPS) is 11.4. The highest BCUT2D eigenvalue weighted by molar-refractivity contribution is 5.63. The number of hydrogen-bond acceptors (Lipinski definition) is 3. The van der Waals surface area contributed by atoms with Crippen molar-refractivity contribution < 1.29 is 13.2 Å². The molecule has 0 fully saturated rings. The van der Waals surface area contributed by atoms with Crippen LogP contribution in [0.2, 0.25) is 0 Å². The summed E-state index contributed by atoms with van der Waals surface area (Å²) in [5.74, 6) is 1.07. The molecule has 0 saturated carbocycles. The van der Waals surface area contributed by atoms with Crippen LogP contribution in [0, 0.1) is 6.92 Å². The molecule has 2 aromatic rings. The summed E-state index contributed by atoms with van der Waals surface area (Å²) in [6.45, 7) is 1.69. The van der Waals surface area contributed by atoms with Crippen molar-refractivity contribution in [3.63, 3.8) is 0 Å². The Labute approximate surface area is 108 Å². The van der Waals surface area contributed by atoms with Crippen LogP contribution in [-0.4, -0.2) is 17.0 Å². The van der Waals surface area contributed by atoms with E-state index >= 15 is 0 Å². The molecule has 1 N–H and O–H groups in total. The van der Waals surface area contributed by atoms with E-state index in [0.717, 1.165) is 12.1 Å². The zero-order valence-corrected chi connectivity index (χ0v) is 10.4. The second kappa shape index (κ2) is 4.87. The number of benzene rings is 1. The zero-order valence-electron chi connectivity index (χ0n) is 10.4. The van der Waals surface area contributed by atoms with E-state index in [1.54, 1.807) is 26.1 Å². The third-order valence-corrected chi connectivity index (χ3v) is 2.58. The number of alkyl halides is 3. The van der Waals surface area contributed by atoms with Gasteiger partial charge in [-0.15, -0.1) is 0 Å². The number of halogens is 3. The smallest absolute Gasteiger partial charge is 0.373 e. The van der Waals surface area contributed by atoms with Crippen molar-refractivity contribution in [3.8, 4) is 11.3 Å². The Kier molecular flexibility index (Phi) is 3.42. The molecule has 0 radical (unpaired) electrons. The second-order valence-corrected chi connectivity index (χ2v) is 4.01. The summed E-state index contributed by atoms with van der Waals surface area (Å²) in [6, 6.07) is 6.70. The number of aryl methyl sites for hydroxylation is 1. The van der Waals surface area contributed by atoms with Crippen molar-refractivity contribution in [2.75, 3.05) is 12.4 Å². The SMILES string of the molecule is CNc1cc(-c2cccc(C(F)(F)F)c2)nc(C)n1. The monoisotopic (exact) mass is 267 g/mol. The van der Waals surface area contributed by atoms with Crippen LogP contribution >= 0.6 is 0 Å². The van der Waals surface area contributed by atoms with Gasteiger partial charge in [0.25, 0.3) is 0 Å². The molecule has 0 aliphatic carbocycles. The fourth-order valence-electron chi connectivity index (χ4n) is 1.70. The molecular weight excluding hydrogens is 255 g/mol. The molecule has 0 aliphatic rings. The lowest BCUT2D eigenvalue weighted by atomic mass is 10.1. The maximum atomic E-state index is 12.7. The van der Waals surface area contributed by atoms with Gasteiger partial charge in [0.1, 0.15) is 11.6 Å². The summed E-state index contributed by atoms with van der Waals surface area (Å²) in [7, 11) is 1.69. The van der Waals surface area contributed by atoms with Gasteiger partial charge in [0.05, 0.1) is 11.3 Å². The highest BCUT2D eigenvalue weighted by Gasteiger charge is 2.30. The van der Waals surface area contributed by atoms with E-state index in [1.807, 2.05) is 0 Å². The fraction of sp³-hybridized carbons (Fsp3) is 0.231. The van der Waals surface area contributed by atoms with E-state index in [-0.39, 0.29) is 0 Å². The third kappa shape index (κ3) is 3.01. The van der Waals surface area contributed by atoms with Crippen molar-refractivity contribution >= 4 is 5.82 Å². The molecule has 0 aliphatic heterocycles. The van der Waals surface area contributed by atoms with Gasteiger partial charge >= 0.3 is 6.18 Å². The van der Waals surface area contributed by atoms with E-state index in [1.165, 1.54) is 6.07 Å². The average molecular weight is 267 g/mol. The van der Waals surface area contributed by atoms with E-state index in [2.05, 4.69) is 15.3 Å². The molecule has 6 heteroatoms. The van der Waals surface area contributed by atoms with Gasteiger partial charge in [0.15, 0.2) is 0 Å². The number of anilines is 1. The summed E-state index contributed by atoms with van der Waals surface area (Å²) in [5.41, 5.74) is 0.187. The predicted molar refractivity (Wildman–Crippen MR) is 66.8 cm³/mol. The number of rotatable bonds is 2. The molecule has 0 bridgehead atoms. The van der Waals surface area contributed by atoms with Gasteiger partial charge in [0.2, 0.25) is 0 Å². The first-order valence-electron chi connectivity index (χ1n) is 5.61. The predicted octanol–water partition coefficient (Wildman–Crippen LogP) is 3.51. The van der Waals surface area contributed by atoms with Crippen LogP contribution in [0.3, 0.4) is 0 Å². The summed E-state index contributed by atoms with van der Waals surface area (Å²) >= 11 is 0. The van der Waals surface area contributed by atoms with Crippen LogP contribution in [0.25, 0.3) is 11.3 Å². The van der Waals surface area contributed by atoms with Crippen molar-refractivity contribution in [1.29, 1.82) is 0 Å². The van der Waals surface area contributed by atoms with Crippen molar-refractivity contribution in [1.82, 2.24) is 9.97 Å². The first-order valence-corrected chi connectivity index (χ1v) is 5.61. The highest BCUT2D eigenvalue weighted by Crippen LogP contribution is 2.32. The molecule has 1 aromatic heterocycles. The Hall–Kier alpha value is -2.11. The van der Waals surface area contributed by atoms with Gasteiger partial charge in [-0.05, 0) is 19.1 Å². The van der Waals surface area contributed by atoms with Crippen LogP contribution in [0.1, 0.15) is 11.4 Å². The van der Waals surface area contributed by atoms with Gasteiger partial charge < -0.3 is 5.32 Å². The first-order chi connectivity index (χ1) is 8.90. The minimum Gasteiger partial charge on any atom is -0.373 e. The Morgan fingerprint density at radius 3 is 2.47 bits per heavy atom. The second-order valence-electron chi connectivity index (χ2n) is 4.01. The Morgan fingerprint density at radius 1 is 1.11 bits per heavy atom. The molecule has 3 nitrogen and oxygen atoms in total. The summed E-state index contributed by atoms with van der Waals surface area (Å²) in [4.78, 5) is 8.26. The fourth-order valence-corrected chi connectivity index (χ4v) is 1.70. The topological polar surface area (TPSA) is 37.8 Å². The third-order valence-electron chi connectivity index (χ3n) is 2.58. The molecule has 2 rings (SSSR count). The minimum atomic E-state index is -4.36. The molecule has 100 valence electrons. The lowest BCUT2D eigenvalue weighted by Gasteiger charge is -2.09. The standard InChI is InChI=1S/C13H12F3N3/c1-8-18-11(7-12(17-2)19-8)9-4-3-5-10(6-9)13(14,15)16/h3-7H,1-2H3,(H,17,18,19). The van der Waals surface area contributed by atoms with Gasteiger partial charge in [-0.3, -0.25) is 0 Å². The van der Waals surface area contributed by atoms with Crippen molar-refractivity contribution in [2.45, 2.75) is 13.1 Å². The Balaban J connectivity index is 2.50. The van der Waals surface area contributed by atoms with Crippen LogP contribution in [0.5, 0.6) is 0 Å². The average Bonchev–Trinajstić information content (AvgIpc) is 2.37. The minimum absolute atomic E-state index is 0.414. The van der Waals surface area contributed by atoms with E-state index in [4.69, 9.17) is 0 Å². The van der Waals surface area contributed by atoms with Crippen molar-refractivity contribution in [3.05, 3.63) is 41.7 Å². The highest BCUT2D eigenvalue weighted by atomic mass is 19.4.